The van der Waals surface area contributed by atoms with Gasteiger partial charge in [-0.2, -0.15) is 0 Å². The summed E-state index contributed by atoms with van der Waals surface area (Å²) in [5, 5.41) is 4.92. The van der Waals surface area contributed by atoms with Crippen LogP contribution in [0.25, 0.3) is 10.9 Å². The fourth-order valence-electron chi connectivity index (χ4n) is 2.17. The zero-order valence-corrected chi connectivity index (χ0v) is 10.9. The number of nitrogens with one attached hydrogen (secondary N) is 1. The Kier molecular flexibility index (Phi) is 2.52. The van der Waals surface area contributed by atoms with Crippen LogP contribution in [0.3, 0.4) is 0 Å². The second-order valence-electron chi connectivity index (χ2n) is 4.55. The van der Waals surface area contributed by atoms with Crippen LogP contribution >= 0.6 is 15.9 Å². The summed E-state index contributed by atoms with van der Waals surface area (Å²) in [4.78, 5) is 0. The fourth-order valence-corrected chi connectivity index (χ4v) is 2.78. The second kappa shape index (κ2) is 3.90. The van der Waals surface area contributed by atoms with E-state index >= 15 is 0 Å². The van der Waals surface area contributed by atoms with Gasteiger partial charge in [-0.25, -0.2) is 0 Å². The molecule has 1 aliphatic rings. The van der Waals surface area contributed by atoms with Crippen molar-refractivity contribution in [2.75, 3.05) is 0 Å². The molecule has 0 saturated heterocycles. The van der Waals surface area contributed by atoms with Gasteiger partial charge >= 0.3 is 0 Å². The summed E-state index contributed by atoms with van der Waals surface area (Å²) in [6.07, 6.45) is 4.91. The van der Waals surface area contributed by atoms with Crippen LogP contribution in [0.2, 0.25) is 0 Å². The van der Waals surface area contributed by atoms with Gasteiger partial charge in [0.2, 0.25) is 0 Å². The molecule has 0 amide bonds. The smallest absolute Gasteiger partial charge is 0.0492 e. The highest BCUT2D eigenvalue weighted by Gasteiger charge is 2.21. The topological polar surface area (TPSA) is 17.0 Å². The van der Waals surface area contributed by atoms with Crippen LogP contribution < -0.4 is 5.32 Å². The predicted octanol–water partition coefficient (Wildman–Crippen LogP) is 3.19. The van der Waals surface area contributed by atoms with E-state index in [4.69, 9.17) is 0 Å². The third kappa shape index (κ3) is 1.78. The lowest BCUT2D eigenvalue weighted by atomic mass is 10.2. The lowest BCUT2D eigenvalue weighted by molar-refractivity contribution is 0.689. The molecule has 84 valence electrons. The Hall–Kier alpha value is -0.800. The van der Waals surface area contributed by atoms with E-state index in [1.807, 2.05) is 0 Å². The molecule has 1 aromatic carbocycles. The fraction of sp³-hybridized carbons (Fsp3) is 0.385. The summed E-state index contributed by atoms with van der Waals surface area (Å²) in [7, 11) is 2.11. The van der Waals surface area contributed by atoms with Crippen molar-refractivity contribution in [3.05, 3.63) is 34.4 Å². The number of hydrogen-bond acceptors (Lipinski definition) is 1. The molecule has 1 saturated carbocycles. The molecule has 1 aromatic heterocycles. The van der Waals surface area contributed by atoms with Gasteiger partial charge in [-0.15, -0.1) is 0 Å². The van der Waals surface area contributed by atoms with Gasteiger partial charge in [-0.3, -0.25) is 0 Å². The highest BCUT2D eigenvalue weighted by molar-refractivity contribution is 9.10. The van der Waals surface area contributed by atoms with E-state index in [1.54, 1.807) is 0 Å². The van der Waals surface area contributed by atoms with Gasteiger partial charge in [-0.05, 0) is 30.5 Å². The number of hydrogen-bond donors (Lipinski definition) is 1. The van der Waals surface area contributed by atoms with Crippen LogP contribution in [0.4, 0.5) is 0 Å². The molecule has 16 heavy (non-hydrogen) atoms. The Bertz CT molecular complexity index is 526. The number of nitrogens with zero attached hydrogens (tertiary/aromatic N) is 1. The maximum Gasteiger partial charge on any atom is 0.0492 e. The zero-order chi connectivity index (χ0) is 11.1. The molecule has 0 bridgehead atoms. The van der Waals surface area contributed by atoms with Gasteiger partial charge in [0.05, 0.1) is 0 Å². The van der Waals surface area contributed by atoms with E-state index in [9.17, 15) is 0 Å². The third-order valence-corrected chi connectivity index (χ3v) is 3.86. The van der Waals surface area contributed by atoms with Crippen molar-refractivity contribution in [3.63, 3.8) is 0 Å². The van der Waals surface area contributed by atoms with Crippen LogP contribution in [-0.4, -0.2) is 10.6 Å². The van der Waals surface area contributed by atoms with Crippen LogP contribution in [0.15, 0.2) is 28.9 Å². The van der Waals surface area contributed by atoms with Gasteiger partial charge < -0.3 is 9.88 Å². The van der Waals surface area contributed by atoms with Gasteiger partial charge in [0.15, 0.2) is 0 Å². The largest absolute Gasteiger partial charge is 0.350 e. The molecule has 1 fully saturated rings. The molecule has 2 aromatic rings. The van der Waals surface area contributed by atoms with Crippen molar-refractivity contribution >= 4 is 26.8 Å². The van der Waals surface area contributed by atoms with Gasteiger partial charge in [0.1, 0.15) is 0 Å². The summed E-state index contributed by atoms with van der Waals surface area (Å²) >= 11 is 3.64. The first-order chi connectivity index (χ1) is 7.75. The molecule has 0 atom stereocenters. The summed E-state index contributed by atoms with van der Waals surface area (Å²) in [6, 6.07) is 7.13. The van der Waals surface area contributed by atoms with Crippen LogP contribution in [0.1, 0.15) is 18.4 Å². The molecule has 0 radical (unpaired) electrons. The molecule has 0 spiro atoms. The van der Waals surface area contributed by atoms with Gasteiger partial charge in [0, 0.05) is 41.2 Å². The molecule has 2 nitrogen and oxygen atoms in total. The van der Waals surface area contributed by atoms with E-state index in [0.717, 1.165) is 12.6 Å². The minimum atomic E-state index is 0.762. The summed E-state index contributed by atoms with van der Waals surface area (Å²) in [5.41, 5.74) is 2.68. The minimum Gasteiger partial charge on any atom is -0.350 e. The Morgan fingerprint density at radius 2 is 2.25 bits per heavy atom. The lowest BCUT2D eigenvalue weighted by Crippen LogP contribution is -2.14. The maximum atomic E-state index is 3.64. The van der Waals surface area contributed by atoms with Crippen molar-refractivity contribution < 1.29 is 0 Å². The standard InChI is InChI=1S/C13H15BrN2/c1-16-8-9(7-15-10-5-6-10)13-11(14)3-2-4-12(13)16/h2-4,8,10,15H,5-7H2,1H3. The molecule has 0 unspecified atom stereocenters. The first kappa shape index (κ1) is 10.4. The molecule has 1 N–H and O–H groups in total. The number of halogens is 1. The second-order valence-corrected chi connectivity index (χ2v) is 5.41. The van der Waals surface area contributed by atoms with Crippen LogP contribution in [-0.2, 0) is 13.6 Å². The van der Waals surface area contributed by atoms with Crippen molar-refractivity contribution in [1.82, 2.24) is 9.88 Å². The molecule has 0 aliphatic heterocycles. The number of rotatable bonds is 3. The average molecular weight is 279 g/mol. The first-order valence-corrected chi connectivity index (χ1v) is 6.51. The van der Waals surface area contributed by atoms with Crippen molar-refractivity contribution in [2.24, 2.45) is 7.05 Å². The minimum absolute atomic E-state index is 0.762. The summed E-state index contributed by atoms with van der Waals surface area (Å²) in [5.74, 6) is 0. The Labute approximate surface area is 104 Å². The van der Waals surface area contributed by atoms with Crippen molar-refractivity contribution in [1.29, 1.82) is 0 Å². The number of benzene rings is 1. The molecule has 1 aliphatic carbocycles. The van der Waals surface area contributed by atoms with Crippen molar-refractivity contribution in [2.45, 2.75) is 25.4 Å². The maximum absolute atomic E-state index is 3.64. The molecule has 3 heteroatoms. The van der Waals surface area contributed by atoms with Gasteiger partial charge in [-0.1, -0.05) is 22.0 Å². The van der Waals surface area contributed by atoms with Gasteiger partial charge in [0.25, 0.3) is 0 Å². The van der Waals surface area contributed by atoms with E-state index in [-0.39, 0.29) is 0 Å². The lowest BCUT2D eigenvalue weighted by Gasteiger charge is -2.02. The first-order valence-electron chi connectivity index (χ1n) is 5.71. The zero-order valence-electron chi connectivity index (χ0n) is 9.33. The predicted molar refractivity (Wildman–Crippen MR) is 70.5 cm³/mol. The highest BCUT2D eigenvalue weighted by atomic mass is 79.9. The third-order valence-electron chi connectivity index (χ3n) is 3.20. The monoisotopic (exact) mass is 278 g/mol. The molecule has 1 heterocycles. The Balaban J connectivity index is 2.01. The number of aryl methyl sites for hydroxylation is 1. The van der Waals surface area contributed by atoms with E-state index in [1.165, 1.54) is 33.8 Å². The Morgan fingerprint density at radius 3 is 3.00 bits per heavy atom. The van der Waals surface area contributed by atoms with E-state index in [2.05, 4.69) is 57.3 Å². The van der Waals surface area contributed by atoms with E-state index < -0.39 is 0 Å². The van der Waals surface area contributed by atoms with Crippen LogP contribution in [0.5, 0.6) is 0 Å². The SMILES string of the molecule is Cn1cc(CNC2CC2)c2c(Br)cccc21. The summed E-state index contributed by atoms with van der Waals surface area (Å²) in [6.45, 7) is 0.977. The quantitative estimate of drug-likeness (QED) is 0.913. The molecular formula is C13H15BrN2. The van der Waals surface area contributed by atoms with Crippen molar-refractivity contribution in [3.8, 4) is 0 Å². The Morgan fingerprint density at radius 1 is 1.44 bits per heavy atom. The normalized spacial score (nSPS) is 15.9. The molecular weight excluding hydrogens is 264 g/mol. The average Bonchev–Trinajstić information content (AvgIpc) is 3.03. The number of fused-ring (bicyclic) bond motifs is 1. The summed E-state index contributed by atoms with van der Waals surface area (Å²) < 4.78 is 3.39. The van der Waals surface area contributed by atoms with E-state index in [0.29, 0.717) is 0 Å². The number of aromatic nitrogens is 1. The molecule has 3 rings (SSSR count). The highest BCUT2D eigenvalue weighted by Crippen LogP contribution is 2.29. The van der Waals surface area contributed by atoms with Crippen LogP contribution in [0, 0.1) is 0 Å².